The van der Waals surface area contributed by atoms with Crippen LogP contribution >= 0.6 is 0 Å². The standard InChI is InChI=1S/C14H19NO4S/c1-20(17,18)13-8-10(7-11(15)9-13)14(16)19-12-5-3-2-4-6-12/h7-9,12H,2-6,15H2,1H3. The SMILES string of the molecule is CS(=O)(=O)c1cc(N)cc(C(=O)OC2CCCCC2)c1. The number of rotatable bonds is 3. The van der Waals surface area contributed by atoms with Gasteiger partial charge in [-0.25, -0.2) is 13.2 Å². The number of benzene rings is 1. The molecule has 0 amide bonds. The number of nitrogen functional groups attached to an aromatic ring is 1. The van der Waals surface area contributed by atoms with E-state index >= 15 is 0 Å². The molecule has 1 aliphatic carbocycles. The van der Waals surface area contributed by atoms with E-state index in [2.05, 4.69) is 0 Å². The van der Waals surface area contributed by atoms with Gasteiger partial charge in [0.15, 0.2) is 9.84 Å². The summed E-state index contributed by atoms with van der Waals surface area (Å²) >= 11 is 0. The predicted molar refractivity (Wildman–Crippen MR) is 76.3 cm³/mol. The van der Waals surface area contributed by atoms with Gasteiger partial charge in [0.1, 0.15) is 6.10 Å². The minimum Gasteiger partial charge on any atom is -0.459 e. The van der Waals surface area contributed by atoms with Crippen LogP contribution in [0.1, 0.15) is 42.5 Å². The normalized spacial score (nSPS) is 16.9. The van der Waals surface area contributed by atoms with E-state index in [-0.39, 0.29) is 22.3 Å². The molecule has 1 saturated carbocycles. The van der Waals surface area contributed by atoms with Crippen LogP contribution in [0.2, 0.25) is 0 Å². The van der Waals surface area contributed by atoms with Crippen LogP contribution in [0.15, 0.2) is 23.1 Å². The molecule has 0 heterocycles. The molecule has 1 aromatic rings. The van der Waals surface area contributed by atoms with Gasteiger partial charge in [0.05, 0.1) is 10.5 Å². The number of anilines is 1. The summed E-state index contributed by atoms with van der Waals surface area (Å²) in [4.78, 5) is 12.1. The second kappa shape index (κ2) is 5.83. The van der Waals surface area contributed by atoms with Crippen LogP contribution in [-0.2, 0) is 14.6 Å². The van der Waals surface area contributed by atoms with Crippen molar-refractivity contribution in [1.82, 2.24) is 0 Å². The lowest BCUT2D eigenvalue weighted by Crippen LogP contribution is -2.21. The Hall–Kier alpha value is -1.56. The molecule has 0 unspecified atom stereocenters. The summed E-state index contributed by atoms with van der Waals surface area (Å²) in [7, 11) is -3.40. The van der Waals surface area contributed by atoms with Gasteiger partial charge in [-0.15, -0.1) is 0 Å². The number of carbonyl (C=O) groups is 1. The molecule has 0 saturated heterocycles. The molecule has 5 nitrogen and oxygen atoms in total. The summed E-state index contributed by atoms with van der Waals surface area (Å²) in [5.74, 6) is -0.505. The summed E-state index contributed by atoms with van der Waals surface area (Å²) in [6.07, 6.45) is 6.04. The summed E-state index contributed by atoms with van der Waals surface area (Å²) < 4.78 is 28.5. The third-order valence-electron chi connectivity index (χ3n) is 3.42. The maximum atomic E-state index is 12.1. The minimum atomic E-state index is -3.40. The first-order valence-corrected chi connectivity index (χ1v) is 8.57. The smallest absolute Gasteiger partial charge is 0.338 e. The van der Waals surface area contributed by atoms with Crippen LogP contribution in [0.5, 0.6) is 0 Å². The maximum Gasteiger partial charge on any atom is 0.338 e. The Bertz CT molecular complexity index is 604. The molecule has 0 aromatic heterocycles. The molecular weight excluding hydrogens is 278 g/mol. The van der Waals surface area contributed by atoms with Crippen LogP contribution in [-0.4, -0.2) is 26.7 Å². The zero-order chi connectivity index (χ0) is 14.8. The topological polar surface area (TPSA) is 86.5 Å². The fourth-order valence-corrected chi connectivity index (χ4v) is 3.05. The lowest BCUT2D eigenvalue weighted by atomic mass is 9.98. The van der Waals surface area contributed by atoms with Crippen molar-refractivity contribution in [1.29, 1.82) is 0 Å². The second-order valence-corrected chi connectivity index (χ2v) is 7.24. The fourth-order valence-electron chi connectivity index (χ4n) is 2.36. The van der Waals surface area contributed by atoms with Crippen LogP contribution in [0.4, 0.5) is 5.69 Å². The monoisotopic (exact) mass is 297 g/mol. The lowest BCUT2D eigenvalue weighted by molar-refractivity contribution is 0.0211. The molecule has 1 aliphatic rings. The van der Waals surface area contributed by atoms with E-state index in [9.17, 15) is 13.2 Å². The maximum absolute atomic E-state index is 12.1. The van der Waals surface area contributed by atoms with E-state index in [1.54, 1.807) is 0 Å². The van der Waals surface area contributed by atoms with Gasteiger partial charge in [-0.05, 0) is 43.9 Å². The Morgan fingerprint density at radius 2 is 1.85 bits per heavy atom. The average molecular weight is 297 g/mol. The van der Waals surface area contributed by atoms with Gasteiger partial charge in [-0.2, -0.15) is 0 Å². The fraction of sp³-hybridized carbons (Fsp3) is 0.500. The summed E-state index contributed by atoms with van der Waals surface area (Å²) in [6.45, 7) is 0. The number of nitrogens with two attached hydrogens (primary N) is 1. The van der Waals surface area contributed by atoms with Crippen molar-refractivity contribution in [3.8, 4) is 0 Å². The predicted octanol–water partition coefficient (Wildman–Crippen LogP) is 2.16. The zero-order valence-electron chi connectivity index (χ0n) is 11.5. The van der Waals surface area contributed by atoms with E-state index in [1.807, 2.05) is 0 Å². The Labute approximate surface area is 119 Å². The van der Waals surface area contributed by atoms with E-state index in [1.165, 1.54) is 24.6 Å². The molecule has 0 spiro atoms. The van der Waals surface area contributed by atoms with Gasteiger partial charge >= 0.3 is 5.97 Å². The summed E-state index contributed by atoms with van der Waals surface area (Å²) in [5.41, 5.74) is 6.08. The molecule has 0 aliphatic heterocycles. The third kappa shape index (κ3) is 3.72. The highest BCUT2D eigenvalue weighted by atomic mass is 32.2. The number of carbonyl (C=O) groups excluding carboxylic acids is 1. The third-order valence-corrected chi connectivity index (χ3v) is 4.51. The first-order chi connectivity index (χ1) is 9.36. The summed E-state index contributed by atoms with van der Waals surface area (Å²) in [6, 6.07) is 4.10. The van der Waals surface area contributed by atoms with Crippen LogP contribution in [0.3, 0.4) is 0 Å². The van der Waals surface area contributed by atoms with Crippen molar-refractivity contribution in [3.05, 3.63) is 23.8 Å². The number of esters is 1. The number of ether oxygens (including phenoxy) is 1. The van der Waals surface area contributed by atoms with E-state index < -0.39 is 15.8 Å². The molecule has 0 bridgehead atoms. The second-order valence-electron chi connectivity index (χ2n) is 5.23. The van der Waals surface area contributed by atoms with Crippen molar-refractivity contribution in [2.75, 3.05) is 12.0 Å². The first-order valence-electron chi connectivity index (χ1n) is 6.68. The summed E-state index contributed by atoms with van der Waals surface area (Å²) in [5, 5.41) is 0. The Morgan fingerprint density at radius 3 is 2.45 bits per heavy atom. The Kier molecular flexibility index (Phi) is 4.32. The van der Waals surface area contributed by atoms with Crippen LogP contribution < -0.4 is 5.73 Å². The van der Waals surface area contributed by atoms with Crippen LogP contribution in [0, 0.1) is 0 Å². The van der Waals surface area contributed by atoms with Gasteiger partial charge in [0, 0.05) is 11.9 Å². The highest BCUT2D eigenvalue weighted by molar-refractivity contribution is 7.90. The quantitative estimate of drug-likeness (QED) is 0.682. The van der Waals surface area contributed by atoms with Gasteiger partial charge < -0.3 is 10.5 Å². The Balaban J connectivity index is 2.19. The van der Waals surface area contributed by atoms with Crippen molar-refractivity contribution >= 4 is 21.5 Å². The molecule has 20 heavy (non-hydrogen) atoms. The Morgan fingerprint density at radius 1 is 1.20 bits per heavy atom. The van der Waals surface area contributed by atoms with Crippen LogP contribution in [0.25, 0.3) is 0 Å². The van der Waals surface area contributed by atoms with Gasteiger partial charge in [0.2, 0.25) is 0 Å². The molecule has 0 atom stereocenters. The average Bonchev–Trinajstić information content (AvgIpc) is 2.38. The lowest BCUT2D eigenvalue weighted by Gasteiger charge is -2.21. The zero-order valence-corrected chi connectivity index (χ0v) is 12.3. The molecule has 1 fully saturated rings. The molecule has 2 rings (SSSR count). The highest BCUT2D eigenvalue weighted by Gasteiger charge is 2.20. The minimum absolute atomic E-state index is 0.0353. The van der Waals surface area contributed by atoms with Gasteiger partial charge in [-0.3, -0.25) is 0 Å². The number of sulfone groups is 1. The molecule has 6 heteroatoms. The van der Waals surface area contributed by atoms with Gasteiger partial charge in [-0.1, -0.05) is 6.42 Å². The van der Waals surface area contributed by atoms with E-state index in [4.69, 9.17) is 10.5 Å². The number of hydrogen-bond donors (Lipinski definition) is 1. The molecule has 0 radical (unpaired) electrons. The van der Waals surface area contributed by atoms with Crippen molar-refractivity contribution in [3.63, 3.8) is 0 Å². The molecule has 110 valence electrons. The molecular formula is C14H19NO4S. The van der Waals surface area contributed by atoms with Crippen molar-refractivity contribution < 1.29 is 17.9 Å². The van der Waals surface area contributed by atoms with Crippen molar-refractivity contribution in [2.24, 2.45) is 0 Å². The van der Waals surface area contributed by atoms with E-state index in [0.717, 1.165) is 31.9 Å². The molecule has 2 N–H and O–H groups in total. The van der Waals surface area contributed by atoms with Crippen molar-refractivity contribution in [2.45, 2.75) is 43.1 Å². The number of hydrogen-bond acceptors (Lipinski definition) is 5. The largest absolute Gasteiger partial charge is 0.459 e. The van der Waals surface area contributed by atoms with E-state index in [0.29, 0.717) is 0 Å². The van der Waals surface area contributed by atoms with Gasteiger partial charge in [0.25, 0.3) is 0 Å². The first kappa shape index (κ1) is 14.8. The molecule has 1 aromatic carbocycles. The highest BCUT2D eigenvalue weighted by Crippen LogP contribution is 2.23.